The van der Waals surface area contributed by atoms with Crippen LogP contribution in [-0.2, 0) is 21.4 Å². The summed E-state index contributed by atoms with van der Waals surface area (Å²) in [6.07, 6.45) is 1.59. The van der Waals surface area contributed by atoms with E-state index in [4.69, 9.17) is 0 Å². The first-order chi connectivity index (χ1) is 11.5. The van der Waals surface area contributed by atoms with Gasteiger partial charge in [0.2, 0.25) is 15.9 Å². The number of hydrogen-bond donors (Lipinski definition) is 1. The van der Waals surface area contributed by atoms with Crippen LogP contribution in [0.5, 0.6) is 0 Å². The van der Waals surface area contributed by atoms with E-state index in [0.29, 0.717) is 5.69 Å². The molecule has 1 aromatic carbocycles. The highest BCUT2D eigenvalue weighted by molar-refractivity contribution is 7.94. The van der Waals surface area contributed by atoms with Gasteiger partial charge in [-0.25, -0.2) is 12.7 Å². The third-order valence-corrected chi connectivity index (χ3v) is 5.27. The maximum absolute atomic E-state index is 12.2. The van der Waals surface area contributed by atoms with Crippen LogP contribution in [0.25, 0.3) is 0 Å². The fourth-order valence-corrected chi connectivity index (χ4v) is 3.87. The van der Waals surface area contributed by atoms with E-state index in [1.807, 2.05) is 6.07 Å². The van der Waals surface area contributed by atoms with Gasteiger partial charge in [-0.3, -0.25) is 14.6 Å². The van der Waals surface area contributed by atoms with Crippen LogP contribution in [-0.4, -0.2) is 31.0 Å². The highest BCUT2D eigenvalue weighted by Crippen LogP contribution is 2.25. The van der Waals surface area contributed by atoms with Gasteiger partial charge < -0.3 is 5.32 Å². The highest BCUT2D eigenvalue weighted by Gasteiger charge is 2.36. The smallest absolute Gasteiger partial charge is 0.251 e. The largest absolute Gasteiger partial charge is 0.346 e. The monoisotopic (exact) mass is 345 g/mol. The zero-order valence-corrected chi connectivity index (χ0v) is 13.5. The number of rotatable bonds is 4. The molecular weight excluding hydrogens is 330 g/mol. The van der Waals surface area contributed by atoms with Crippen LogP contribution >= 0.6 is 0 Å². The van der Waals surface area contributed by atoms with Crippen LogP contribution in [0.1, 0.15) is 22.5 Å². The molecule has 2 aromatic rings. The summed E-state index contributed by atoms with van der Waals surface area (Å²) in [6, 6.07) is 11.4. The SMILES string of the molecule is O=C(NCc1ccccn1)c1cccc(N2C(=O)CCS2(=O)=O)c1. The molecular formula is C16H15N3O4S. The van der Waals surface area contributed by atoms with E-state index in [1.54, 1.807) is 30.5 Å². The second-order valence-corrected chi connectivity index (χ2v) is 7.22. The molecule has 0 unspecified atom stereocenters. The summed E-state index contributed by atoms with van der Waals surface area (Å²) in [5, 5.41) is 2.71. The van der Waals surface area contributed by atoms with Gasteiger partial charge in [-0.15, -0.1) is 0 Å². The molecule has 1 aromatic heterocycles. The molecule has 1 saturated heterocycles. The third kappa shape index (κ3) is 3.28. The molecule has 1 N–H and O–H groups in total. The van der Waals surface area contributed by atoms with Gasteiger partial charge in [0.25, 0.3) is 5.91 Å². The Labute approximate surface area is 139 Å². The minimum absolute atomic E-state index is 0.0432. The number of anilines is 1. The Balaban J connectivity index is 1.78. The predicted octanol–water partition coefficient (Wildman–Crippen LogP) is 1.08. The van der Waals surface area contributed by atoms with E-state index in [1.165, 1.54) is 12.1 Å². The zero-order chi connectivity index (χ0) is 17.2. The molecule has 1 aliphatic heterocycles. The molecule has 124 valence electrons. The minimum atomic E-state index is -3.64. The normalized spacial score (nSPS) is 16.2. The molecule has 0 atom stereocenters. The van der Waals surface area contributed by atoms with Gasteiger partial charge in [0.1, 0.15) is 0 Å². The van der Waals surface area contributed by atoms with Gasteiger partial charge in [0.05, 0.1) is 23.7 Å². The van der Waals surface area contributed by atoms with Crippen molar-refractivity contribution >= 4 is 27.5 Å². The van der Waals surface area contributed by atoms with Crippen LogP contribution in [0.4, 0.5) is 5.69 Å². The number of carbonyl (C=O) groups is 2. The summed E-state index contributed by atoms with van der Waals surface area (Å²) in [6.45, 7) is 0.255. The van der Waals surface area contributed by atoms with Gasteiger partial charge in [-0.1, -0.05) is 12.1 Å². The van der Waals surface area contributed by atoms with Crippen LogP contribution in [0.2, 0.25) is 0 Å². The number of nitrogens with one attached hydrogen (secondary N) is 1. The zero-order valence-electron chi connectivity index (χ0n) is 12.7. The lowest BCUT2D eigenvalue weighted by atomic mass is 10.2. The quantitative estimate of drug-likeness (QED) is 0.894. The number of benzene rings is 1. The van der Waals surface area contributed by atoms with Crippen LogP contribution in [0.15, 0.2) is 48.7 Å². The summed E-state index contributed by atoms with van der Waals surface area (Å²) in [5.74, 6) is -1.06. The first kappa shape index (κ1) is 16.1. The maximum atomic E-state index is 12.2. The standard InChI is InChI=1S/C16H15N3O4S/c20-15-7-9-24(22,23)19(15)14-6-3-4-12(10-14)16(21)18-11-13-5-1-2-8-17-13/h1-6,8,10H,7,9,11H2,(H,18,21). The topological polar surface area (TPSA) is 96.4 Å². The molecule has 0 radical (unpaired) electrons. The number of carbonyl (C=O) groups excluding carboxylic acids is 2. The molecule has 0 bridgehead atoms. The van der Waals surface area contributed by atoms with E-state index in [9.17, 15) is 18.0 Å². The Hall–Kier alpha value is -2.74. The number of amides is 2. The van der Waals surface area contributed by atoms with Gasteiger partial charge in [0, 0.05) is 18.2 Å². The number of sulfonamides is 1. The average molecular weight is 345 g/mol. The maximum Gasteiger partial charge on any atom is 0.251 e. The lowest BCUT2D eigenvalue weighted by Gasteiger charge is -2.15. The molecule has 24 heavy (non-hydrogen) atoms. The summed E-state index contributed by atoms with van der Waals surface area (Å²) in [5.41, 5.74) is 1.17. The Morgan fingerprint density at radius 1 is 1.21 bits per heavy atom. The summed E-state index contributed by atoms with van der Waals surface area (Å²) in [4.78, 5) is 28.2. The molecule has 1 fully saturated rings. The van der Waals surface area contributed by atoms with E-state index in [2.05, 4.69) is 10.3 Å². The molecule has 3 rings (SSSR count). The summed E-state index contributed by atoms with van der Waals surface area (Å²) < 4.78 is 24.7. The number of nitrogens with zero attached hydrogens (tertiary/aromatic N) is 2. The first-order valence-corrected chi connectivity index (χ1v) is 8.92. The van der Waals surface area contributed by atoms with Gasteiger partial charge in [-0.2, -0.15) is 0 Å². The van der Waals surface area contributed by atoms with Gasteiger partial charge in [-0.05, 0) is 30.3 Å². The molecule has 7 nitrogen and oxygen atoms in total. The third-order valence-electron chi connectivity index (χ3n) is 3.58. The Morgan fingerprint density at radius 3 is 2.71 bits per heavy atom. The number of hydrogen-bond acceptors (Lipinski definition) is 5. The minimum Gasteiger partial charge on any atom is -0.346 e. The van der Waals surface area contributed by atoms with Crippen molar-refractivity contribution in [2.75, 3.05) is 10.1 Å². The average Bonchev–Trinajstić information content (AvgIpc) is 2.86. The molecule has 2 heterocycles. The van der Waals surface area contributed by atoms with Crippen LogP contribution in [0.3, 0.4) is 0 Å². The van der Waals surface area contributed by atoms with Crippen LogP contribution < -0.4 is 9.62 Å². The second-order valence-electron chi connectivity index (χ2n) is 5.28. The van der Waals surface area contributed by atoms with Crippen molar-refractivity contribution in [1.29, 1.82) is 0 Å². The van der Waals surface area contributed by atoms with E-state index in [-0.39, 0.29) is 35.9 Å². The van der Waals surface area contributed by atoms with Crippen molar-refractivity contribution < 1.29 is 18.0 Å². The van der Waals surface area contributed by atoms with Crippen molar-refractivity contribution in [1.82, 2.24) is 10.3 Å². The van der Waals surface area contributed by atoms with Crippen molar-refractivity contribution in [3.8, 4) is 0 Å². The van der Waals surface area contributed by atoms with Crippen molar-refractivity contribution in [2.24, 2.45) is 0 Å². The van der Waals surface area contributed by atoms with E-state index < -0.39 is 15.9 Å². The first-order valence-electron chi connectivity index (χ1n) is 7.31. The Kier molecular flexibility index (Phi) is 4.30. The van der Waals surface area contributed by atoms with E-state index in [0.717, 1.165) is 4.31 Å². The lowest BCUT2D eigenvalue weighted by molar-refractivity contribution is -0.116. The number of aromatic nitrogens is 1. The van der Waals surface area contributed by atoms with Crippen molar-refractivity contribution in [3.05, 3.63) is 59.9 Å². The summed E-state index contributed by atoms with van der Waals surface area (Å²) in [7, 11) is -3.64. The van der Waals surface area contributed by atoms with Gasteiger partial charge >= 0.3 is 0 Å². The Morgan fingerprint density at radius 2 is 2.04 bits per heavy atom. The molecule has 0 saturated carbocycles. The van der Waals surface area contributed by atoms with E-state index >= 15 is 0 Å². The summed E-state index contributed by atoms with van der Waals surface area (Å²) >= 11 is 0. The van der Waals surface area contributed by atoms with Crippen molar-refractivity contribution in [3.63, 3.8) is 0 Å². The molecule has 0 aliphatic carbocycles. The van der Waals surface area contributed by atoms with Gasteiger partial charge in [0.15, 0.2) is 0 Å². The molecule has 8 heteroatoms. The fraction of sp³-hybridized carbons (Fsp3) is 0.188. The molecule has 1 aliphatic rings. The van der Waals surface area contributed by atoms with Crippen molar-refractivity contribution in [2.45, 2.75) is 13.0 Å². The van der Waals surface area contributed by atoms with Crippen LogP contribution in [0, 0.1) is 0 Å². The predicted molar refractivity (Wildman–Crippen MR) is 87.7 cm³/mol. The second kappa shape index (κ2) is 6.40. The molecule has 2 amide bonds. The number of pyridine rings is 1. The Bertz CT molecular complexity index is 881. The lowest BCUT2D eigenvalue weighted by Crippen LogP contribution is -2.30. The fourth-order valence-electron chi connectivity index (χ4n) is 2.42. The highest BCUT2D eigenvalue weighted by atomic mass is 32.2. The molecule has 0 spiro atoms.